The molecule has 2 aromatic rings. The third-order valence-corrected chi connectivity index (χ3v) is 4.34. The molecule has 3 N–H and O–H groups in total. The molecule has 3 rings (SSSR count). The number of phenols is 2. The summed E-state index contributed by atoms with van der Waals surface area (Å²) in [5.41, 5.74) is 0.363. The number of rotatable bonds is 4. The maximum atomic E-state index is 13.3. The molecule has 0 bridgehead atoms. The molecule has 148 valence electrons. The number of carbonyl (C=O) groups is 2. The number of hydrogen-bond acceptors (Lipinski definition) is 7. The monoisotopic (exact) mass is 391 g/mol. The van der Waals surface area contributed by atoms with Crippen LogP contribution in [0.2, 0.25) is 0 Å². The SMILES string of the molecule is CC(=O)C(=O)N(C)OC1(O)c2c(O)cc(O)cc2COC1c1ccc(F)cc1. The van der Waals surface area contributed by atoms with Crippen molar-refractivity contribution in [1.29, 1.82) is 0 Å². The van der Waals surface area contributed by atoms with Crippen LogP contribution in [0.3, 0.4) is 0 Å². The van der Waals surface area contributed by atoms with Gasteiger partial charge in [0.2, 0.25) is 5.78 Å². The minimum Gasteiger partial charge on any atom is -0.508 e. The zero-order chi connectivity index (χ0) is 20.6. The van der Waals surface area contributed by atoms with Gasteiger partial charge in [-0.15, -0.1) is 0 Å². The van der Waals surface area contributed by atoms with Crippen molar-refractivity contribution in [2.24, 2.45) is 0 Å². The number of halogens is 1. The fraction of sp³-hybridized carbons (Fsp3) is 0.263. The van der Waals surface area contributed by atoms with Crippen LogP contribution in [0.1, 0.15) is 29.7 Å². The van der Waals surface area contributed by atoms with E-state index in [1.807, 2.05) is 0 Å². The van der Waals surface area contributed by atoms with Gasteiger partial charge in [0.1, 0.15) is 23.4 Å². The summed E-state index contributed by atoms with van der Waals surface area (Å²) >= 11 is 0. The van der Waals surface area contributed by atoms with Gasteiger partial charge >= 0.3 is 5.91 Å². The average molecular weight is 391 g/mol. The fourth-order valence-electron chi connectivity index (χ4n) is 3.14. The van der Waals surface area contributed by atoms with Crippen molar-refractivity contribution < 1.29 is 38.9 Å². The standard InChI is InChI=1S/C19H18FNO7/c1-10(22)18(25)21(2)28-19(26)16-12(7-14(23)8-15(16)24)9-27-17(19)11-3-5-13(20)6-4-11/h3-8,17,23-24,26H,9H2,1-2H3. The van der Waals surface area contributed by atoms with E-state index in [-0.39, 0.29) is 23.5 Å². The van der Waals surface area contributed by atoms with E-state index in [9.17, 15) is 29.3 Å². The lowest BCUT2D eigenvalue weighted by Crippen LogP contribution is -2.48. The molecule has 0 saturated carbocycles. The molecule has 2 aromatic carbocycles. The van der Waals surface area contributed by atoms with Crippen LogP contribution in [0, 0.1) is 5.82 Å². The first-order chi connectivity index (χ1) is 13.1. The first-order valence-corrected chi connectivity index (χ1v) is 8.26. The number of carbonyl (C=O) groups excluding carboxylic acids is 2. The second-order valence-electron chi connectivity index (χ2n) is 6.39. The Labute approximate surface area is 159 Å². The maximum absolute atomic E-state index is 13.3. The molecule has 1 aliphatic heterocycles. The van der Waals surface area contributed by atoms with Crippen LogP contribution in [0.25, 0.3) is 0 Å². The van der Waals surface area contributed by atoms with Crippen LogP contribution in [-0.4, -0.2) is 39.1 Å². The summed E-state index contributed by atoms with van der Waals surface area (Å²) < 4.78 is 19.0. The van der Waals surface area contributed by atoms with Crippen molar-refractivity contribution in [2.75, 3.05) is 7.05 Å². The summed E-state index contributed by atoms with van der Waals surface area (Å²) in [4.78, 5) is 28.7. The summed E-state index contributed by atoms with van der Waals surface area (Å²) in [7, 11) is 1.12. The lowest BCUT2D eigenvalue weighted by atomic mass is 9.88. The first-order valence-electron chi connectivity index (χ1n) is 8.26. The van der Waals surface area contributed by atoms with Crippen molar-refractivity contribution in [3.05, 3.63) is 58.9 Å². The number of ether oxygens (including phenoxy) is 1. The Morgan fingerprint density at radius 1 is 1.25 bits per heavy atom. The molecule has 0 saturated heterocycles. The molecule has 28 heavy (non-hydrogen) atoms. The molecular weight excluding hydrogens is 373 g/mol. The predicted molar refractivity (Wildman–Crippen MR) is 92.1 cm³/mol. The molecule has 0 aliphatic carbocycles. The van der Waals surface area contributed by atoms with E-state index in [0.29, 0.717) is 10.6 Å². The molecule has 0 radical (unpaired) electrons. The van der Waals surface area contributed by atoms with E-state index in [1.54, 1.807) is 0 Å². The second kappa shape index (κ2) is 7.19. The molecule has 2 atom stereocenters. The van der Waals surface area contributed by atoms with Crippen LogP contribution in [0.15, 0.2) is 36.4 Å². The largest absolute Gasteiger partial charge is 0.508 e. The average Bonchev–Trinajstić information content (AvgIpc) is 2.61. The number of benzene rings is 2. The molecule has 0 aromatic heterocycles. The summed E-state index contributed by atoms with van der Waals surface area (Å²) in [6, 6.07) is 7.25. The summed E-state index contributed by atoms with van der Waals surface area (Å²) in [6.45, 7) is 0.917. The number of ketones is 1. The van der Waals surface area contributed by atoms with Gasteiger partial charge in [-0.05, 0) is 29.3 Å². The minimum absolute atomic E-state index is 0.116. The van der Waals surface area contributed by atoms with Crippen LogP contribution in [0.4, 0.5) is 4.39 Å². The van der Waals surface area contributed by atoms with E-state index in [4.69, 9.17) is 9.57 Å². The highest BCUT2D eigenvalue weighted by atomic mass is 19.1. The van der Waals surface area contributed by atoms with Crippen molar-refractivity contribution in [2.45, 2.75) is 25.4 Å². The number of hydroxylamine groups is 2. The van der Waals surface area contributed by atoms with Gasteiger partial charge in [-0.25, -0.2) is 14.3 Å². The van der Waals surface area contributed by atoms with Crippen LogP contribution >= 0.6 is 0 Å². The predicted octanol–water partition coefficient (Wildman–Crippen LogP) is 1.63. The number of aromatic hydroxyl groups is 2. The third kappa shape index (κ3) is 3.42. The van der Waals surface area contributed by atoms with Crippen LogP contribution in [-0.2, 0) is 31.6 Å². The molecule has 9 heteroatoms. The molecule has 1 amide bonds. The molecular formula is C19H18FNO7. The number of Topliss-reactive ketones (excluding diaryl/α,β-unsaturated/α-hetero) is 1. The normalized spacial score (nSPS) is 21.1. The maximum Gasteiger partial charge on any atom is 0.313 e. The number of fused-ring (bicyclic) bond motifs is 1. The Hall–Kier alpha value is -3.01. The third-order valence-electron chi connectivity index (χ3n) is 4.34. The highest BCUT2D eigenvalue weighted by Gasteiger charge is 2.50. The van der Waals surface area contributed by atoms with Gasteiger partial charge in [-0.1, -0.05) is 12.1 Å². The Bertz CT molecular complexity index is 931. The van der Waals surface area contributed by atoms with Crippen molar-refractivity contribution in [1.82, 2.24) is 5.06 Å². The summed E-state index contributed by atoms with van der Waals surface area (Å²) in [5, 5.41) is 32.0. The van der Waals surface area contributed by atoms with Gasteiger partial charge in [-0.2, -0.15) is 0 Å². The summed E-state index contributed by atoms with van der Waals surface area (Å²) in [5.74, 6) is -5.62. The van der Waals surface area contributed by atoms with Gasteiger partial charge in [0, 0.05) is 20.0 Å². The lowest BCUT2D eigenvalue weighted by molar-refractivity contribution is -0.364. The van der Waals surface area contributed by atoms with E-state index in [2.05, 4.69) is 0 Å². The molecule has 1 aliphatic rings. The number of phenolic OH excluding ortho intramolecular Hbond substituents is 2. The number of aliphatic hydroxyl groups is 1. The number of nitrogens with zero attached hydrogens (tertiary/aromatic N) is 1. The van der Waals surface area contributed by atoms with Gasteiger partial charge in [-0.3, -0.25) is 9.59 Å². The van der Waals surface area contributed by atoms with Crippen LogP contribution < -0.4 is 0 Å². The van der Waals surface area contributed by atoms with Gasteiger partial charge < -0.3 is 20.1 Å². The van der Waals surface area contributed by atoms with Gasteiger partial charge in [0.05, 0.1) is 12.2 Å². The van der Waals surface area contributed by atoms with Gasteiger partial charge in [0.25, 0.3) is 5.79 Å². The molecule has 2 unspecified atom stereocenters. The highest BCUT2D eigenvalue weighted by Crippen LogP contribution is 2.49. The second-order valence-corrected chi connectivity index (χ2v) is 6.39. The van der Waals surface area contributed by atoms with E-state index in [0.717, 1.165) is 32.2 Å². The number of likely N-dealkylation sites (N-methyl/N-ethyl adjacent to an activating group) is 1. The van der Waals surface area contributed by atoms with Gasteiger partial charge in [0.15, 0.2) is 0 Å². The van der Waals surface area contributed by atoms with Crippen molar-refractivity contribution >= 4 is 11.7 Å². The van der Waals surface area contributed by atoms with Crippen molar-refractivity contribution in [3.8, 4) is 11.5 Å². The number of hydrogen-bond donors (Lipinski definition) is 3. The van der Waals surface area contributed by atoms with Crippen LogP contribution in [0.5, 0.6) is 11.5 Å². The quantitative estimate of drug-likeness (QED) is 0.412. The smallest absolute Gasteiger partial charge is 0.313 e. The van der Waals surface area contributed by atoms with Crippen molar-refractivity contribution in [3.63, 3.8) is 0 Å². The Balaban J connectivity index is 2.13. The molecule has 0 spiro atoms. The number of amides is 1. The highest BCUT2D eigenvalue weighted by molar-refractivity contribution is 6.34. The molecule has 8 nitrogen and oxygen atoms in total. The molecule has 0 fully saturated rings. The van der Waals surface area contributed by atoms with E-state index < -0.39 is 35.1 Å². The topological polar surface area (TPSA) is 117 Å². The zero-order valence-electron chi connectivity index (χ0n) is 15.0. The Morgan fingerprint density at radius 3 is 2.50 bits per heavy atom. The van der Waals surface area contributed by atoms with E-state index in [1.165, 1.54) is 18.2 Å². The Kier molecular flexibility index (Phi) is 5.07. The minimum atomic E-state index is -2.46. The lowest BCUT2D eigenvalue weighted by Gasteiger charge is -2.42. The fourth-order valence-corrected chi connectivity index (χ4v) is 3.14. The molecule has 1 heterocycles. The summed E-state index contributed by atoms with van der Waals surface area (Å²) in [6.07, 6.45) is -1.28. The zero-order valence-corrected chi connectivity index (χ0v) is 15.0. The first kappa shape index (κ1) is 19.7. The Morgan fingerprint density at radius 2 is 1.89 bits per heavy atom. The van der Waals surface area contributed by atoms with E-state index >= 15 is 0 Å².